The smallest absolute Gasteiger partial charge is 0.377 e. The first-order chi connectivity index (χ1) is 9.99. The van der Waals surface area contributed by atoms with Crippen LogP contribution in [0.2, 0.25) is 0 Å². The van der Waals surface area contributed by atoms with E-state index in [0.717, 1.165) is 55.6 Å². The van der Waals surface area contributed by atoms with Crippen molar-refractivity contribution in [1.29, 1.82) is 0 Å². The van der Waals surface area contributed by atoms with E-state index in [-0.39, 0.29) is 0 Å². The molecule has 1 aromatic carbocycles. The molecule has 0 unspecified atom stereocenters. The summed E-state index contributed by atoms with van der Waals surface area (Å²) in [6.45, 7) is 3.27. The van der Waals surface area contributed by atoms with Gasteiger partial charge in [-0.2, -0.15) is 13.2 Å². The Labute approximate surface area is 131 Å². The molecular formula is C15H19BrF3NO. The number of benzene rings is 1. The fourth-order valence-corrected chi connectivity index (χ4v) is 2.69. The van der Waals surface area contributed by atoms with Gasteiger partial charge in [-0.05, 0) is 30.5 Å². The first-order valence-corrected chi connectivity index (χ1v) is 8.17. The van der Waals surface area contributed by atoms with E-state index in [1.54, 1.807) is 12.1 Å². The normalized spacial score (nSPS) is 18.1. The molecule has 0 amide bonds. The fraction of sp³-hybridized carbons (Fsp3) is 0.600. The number of piperidine rings is 1. The summed E-state index contributed by atoms with van der Waals surface area (Å²) in [5.41, 5.74) is 0.330. The van der Waals surface area contributed by atoms with Crippen molar-refractivity contribution < 1.29 is 17.9 Å². The van der Waals surface area contributed by atoms with Crippen LogP contribution in [0, 0.1) is 0 Å². The van der Waals surface area contributed by atoms with Crippen LogP contribution >= 0.6 is 15.9 Å². The molecule has 0 bridgehead atoms. The molecule has 1 aliphatic heterocycles. The van der Waals surface area contributed by atoms with Gasteiger partial charge >= 0.3 is 6.18 Å². The molecular weight excluding hydrogens is 347 g/mol. The number of halogens is 4. The van der Waals surface area contributed by atoms with Crippen LogP contribution in [0.15, 0.2) is 24.3 Å². The second-order valence-corrected chi connectivity index (χ2v) is 6.02. The van der Waals surface area contributed by atoms with E-state index in [2.05, 4.69) is 20.8 Å². The highest BCUT2D eigenvalue weighted by atomic mass is 79.9. The van der Waals surface area contributed by atoms with Crippen LogP contribution in [0.3, 0.4) is 0 Å². The van der Waals surface area contributed by atoms with Crippen molar-refractivity contribution in [3.05, 3.63) is 35.4 Å². The van der Waals surface area contributed by atoms with Gasteiger partial charge in [0.1, 0.15) is 0 Å². The van der Waals surface area contributed by atoms with Crippen LogP contribution in [-0.4, -0.2) is 36.0 Å². The molecule has 0 saturated carbocycles. The van der Waals surface area contributed by atoms with Gasteiger partial charge in [0.25, 0.3) is 0 Å². The number of hydrogen-bond acceptors (Lipinski definition) is 2. The fourth-order valence-electron chi connectivity index (χ4n) is 2.50. The molecule has 1 saturated heterocycles. The molecule has 1 aliphatic rings. The van der Waals surface area contributed by atoms with E-state index in [4.69, 9.17) is 4.74 Å². The van der Waals surface area contributed by atoms with Crippen molar-refractivity contribution in [2.24, 2.45) is 0 Å². The molecule has 0 N–H and O–H groups in total. The van der Waals surface area contributed by atoms with Crippen LogP contribution in [0.4, 0.5) is 13.2 Å². The van der Waals surface area contributed by atoms with Crippen molar-refractivity contribution in [1.82, 2.24) is 4.90 Å². The molecule has 0 atom stereocenters. The van der Waals surface area contributed by atoms with Gasteiger partial charge in [-0.3, -0.25) is 4.90 Å². The Bertz CT molecular complexity index is 428. The third kappa shape index (κ3) is 5.27. The Hall–Kier alpha value is -0.590. The van der Waals surface area contributed by atoms with Crippen LogP contribution in [0.25, 0.3) is 0 Å². The van der Waals surface area contributed by atoms with Crippen molar-refractivity contribution in [2.45, 2.75) is 31.7 Å². The summed E-state index contributed by atoms with van der Waals surface area (Å²) in [6, 6.07) is 5.44. The summed E-state index contributed by atoms with van der Waals surface area (Å²) >= 11 is 3.34. The zero-order chi connectivity index (χ0) is 15.3. The van der Waals surface area contributed by atoms with E-state index in [1.165, 1.54) is 0 Å². The minimum absolute atomic E-state index is 0.311. The van der Waals surface area contributed by atoms with Crippen LogP contribution in [-0.2, 0) is 17.5 Å². The summed E-state index contributed by atoms with van der Waals surface area (Å²) in [5.74, 6) is 0. The molecule has 6 heteroatoms. The molecule has 1 heterocycles. The predicted molar refractivity (Wildman–Crippen MR) is 79.5 cm³/mol. The van der Waals surface area contributed by atoms with Gasteiger partial charge in [-0.15, -0.1) is 0 Å². The first kappa shape index (κ1) is 16.8. The molecule has 0 spiro atoms. The minimum Gasteiger partial charge on any atom is -0.377 e. The number of ether oxygens (including phenoxy) is 1. The summed E-state index contributed by atoms with van der Waals surface area (Å²) < 4.78 is 43.2. The Morgan fingerprint density at radius 3 is 2.29 bits per heavy atom. The van der Waals surface area contributed by atoms with Gasteiger partial charge in [0, 0.05) is 25.0 Å². The van der Waals surface area contributed by atoms with Crippen LogP contribution in [0.5, 0.6) is 0 Å². The Kier molecular flexibility index (Phi) is 6.08. The molecule has 118 valence electrons. The maximum atomic E-state index is 12.5. The molecule has 2 rings (SSSR count). The Balaban J connectivity index is 1.81. The molecule has 0 aromatic heterocycles. The molecule has 1 fully saturated rings. The Morgan fingerprint density at radius 2 is 1.76 bits per heavy atom. The highest BCUT2D eigenvalue weighted by Crippen LogP contribution is 2.29. The van der Waals surface area contributed by atoms with Crippen molar-refractivity contribution >= 4 is 15.9 Å². The van der Waals surface area contributed by atoms with E-state index in [0.29, 0.717) is 12.6 Å². The van der Waals surface area contributed by atoms with Gasteiger partial charge in [0.15, 0.2) is 0 Å². The summed E-state index contributed by atoms with van der Waals surface area (Å²) in [5, 5.41) is 0.846. The van der Waals surface area contributed by atoms with Crippen molar-refractivity contribution in [3.8, 4) is 0 Å². The number of rotatable bonds is 5. The zero-order valence-electron chi connectivity index (χ0n) is 11.7. The largest absolute Gasteiger partial charge is 0.416 e. The lowest BCUT2D eigenvalue weighted by Crippen LogP contribution is -2.36. The van der Waals surface area contributed by atoms with E-state index in [9.17, 15) is 13.2 Å². The predicted octanol–water partition coefficient (Wildman–Crippen LogP) is 4.08. The van der Waals surface area contributed by atoms with E-state index >= 15 is 0 Å². The molecule has 21 heavy (non-hydrogen) atoms. The van der Waals surface area contributed by atoms with Gasteiger partial charge in [0.2, 0.25) is 0 Å². The molecule has 0 aliphatic carbocycles. The van der Waals surface area contributed by atoms with Crippen molar-refractivity contribution in [3.63, 3.8) is 0 Å². The summed E-state index contributed by atoms with van der Waals surface area (Å²) in [6.07, 6.45) is -1.99. The maximum absolute atomic E-state index is 12.5. The monoisotopic (exact) mass is 365 g/mol. The average Bonchev–Trinajstić information content (AvgIpc) is 2.46. The highest BCUT2D eigenvalue weighted by molar-refractivity contribution is 9.09. The average molecular weight is 366 g/mol. The second kappa shape index (κ2) is 7.61. The summed E-state index contributed by atoms with van der Waals surface area (Å²) in [4.78, 5) is 2.26. The van der Waals surface area contributed by atoms with Crippen LogP contribution < -0.4 is 0 Å². The minimum atomic E-state index is -4.26. The maximum Gasteiger partial charge on any atom is 0.416 e. The van der Waals surface area contributed by atoms with Gasteiger partial charge < -0.3 is 4.74 Å². The summed E-state index contributed by atoms with van der Waals surface area (Å²) in [7, 11) is 0. The lowest BCUT2D eigenvalue weighted by Gasteiger charge is -2.31. The third-order valence-electron chi connectivity index (χ3n) is 3.65. The van der Waals surface area contributed by atoms with Crippen molar-refractivity contribution in [2.75, 3.05) is 25.0 Å². The Morgan fingerprint density at radius 1 is 1.14 bits per heavy atom. The zero-order valence-corrected chi connectivity index (χ0v) is 13.3. The third-order valence-corrected chi connectivity index (χ3v) is 3.98. The van der Waals surface area contributed by atoms with Gasteiger partial charge in [0.05, 0.1) is 18.3 Å². The van der Waals surface area contributed by atoms with Gasteiger partial charge in [-0.25, -0.2) is 0 Å². The number of nitrogens with zero attached hydrogens (tertiary/aromatic N) is 1. The van der Waals surface area contributed by atoms with Gasteiger partial charge in [-0.1, -0.05) is 28.1 Å². The first-order valence-electron chi connectivity index (χ1n) is 7.05. The lowest BCUT2D eigenvalue weighted by molar-refractivity contribution is -0.137. The van der Waals surface area contributed by atoms with Crippen LogP contribution in [0.1, 0.15) is 24.0 Å². The highest BCUT2D eigenvalue weighted by Gasteiger charge is 2.30. The lowest BCUT2D eigenvalue weighted by atomic mass is 10.1. The molecule has 1 aromatic rings. The quantitative estimate of drug-likeness (QED) is 0.729. The van der Waals surface area contributed by atoms with E-state index in [1.807, 2.05) is 0 Å². The topological polar surface area (TPSA) is 12.5 Å². The standard InChI is InChI=1S/C15H19BrF3NO/c16-7-10-21-14-5-8-20(9-6-14)11-12-1-3-13(4-2-12)15(17,18)19/h1-4,14H,5-11H2. The number of likely N-dealkylation sites (tertiary alicyclic amines) is 1. The number of hydrogen-bond donors (Lipinski definition) is 0. The second-order valence-electron chi connectivity index (χ2n) is 5.23. The van der Waals surface area contributed by atoms with E-state index < -0.39 is 11.7 Å². The number of alkyl halides is 4. The SMILES string of the molecule is FC(F)(F)c1ccc(CN2CCC(OCCBr)CC2)cc1. The molecule has 0 radical (unpaired) electrons. The molecule has 2 nitrogen and oxygen atoms in total.